The molecule has 2 aromatic rings. The van der Waals surface area contributed by atoms with Crippen LogP contribution in [0.2, 0.25) is 0 Å². The second kappa shape index (κ2) is 9.67. The van der Waals surface area contributed by atoms with Crippen molar-refractivity contribution in [2.45, 2.75) is 18.7 Å². The summed E-state index contributed by atoms with van der Waals surface area (Å²) in [6, 6.07) is 11.5. The molecule has 0 radical (unpaired) electrons. The Morgan fingerprint density at radius 1 is 1.11 bits per heavy atom. The summed E-state index contributed by atoms with van der Waals surface area (Å²) in [7, 11) is 0. The molecule has 4 N–H and O–H groups in total. The van der Waals surface area contributed by atoms with Crippen LogP contribution in [0.5, 0.6) is 0 Å². The molecule has 0 heterocycles. The molecule has 0 saturated heterocycles. The molecule has 0 bridgehead atoms. The number of aldehydes is 2. The van der Waals surface area contributed by atoms with Gasteiger partial charge in [0, 0.05) is 5.69 Å². The van der Waals surface area contributed by atoms with E-state index in [9.17, 15) is 13.8 Å². The van der Waals surface area contributed by atoms with Gasteiger partial charge < -0.3 is 25.2 Å². The largest absolute Gasteiger partial charge is 0.368 e. The number of amidine groups is 1. The highest BCUT2D eigenvalue weighted by molar-refractivity contribution is 7.79. The number of nitrogens with zero attached hydrogens (tertiary/aromatic N) is 2. The van der Waals surface area contributed by atoms with Crippen LogP contribution in [-0.2, 0) is 20.7 Å². The Morgan fingerprint density at radius 2 is 1.68 bits per heavy atom. The number of carbonyl (C=O) groups is 2. The van der Waals surface area contributed by atoms with Crippen molar-refractivity contribution >= 4 is 46.8 Å². The van der Waals surface area contributed by atoms with Gasteiger partial charge in [-0.05, 0) is 61.4 Å². The lowest BCUT2D eigenvalue weighted by molar-refractivity contribution is -0.116. The van der Waals surface area contributed by atoms with Gasteiger partial charge >= 0.3 is 0 Å². The van der Waals surface area contributed by atoms with E-state index in [1.54, 1.807) is 0 Å². The predicted octanol–water partition coefficient (Wildman–Crippen LogP) is 2.35. The van der Waals surface area contributed by atoms with Gasteiger partial charge in [0.15, 0.2) is 11.1 Å². The van der Waals surface area contributed by atoms with Gasteiger partial charge in [-0.3, -0.25) is 0 Å². The highest BCUT2D eigenvalue weighted by Crippen LogP contribution is 2.16. The molecule has 1 unspecified atom stereocenters. The first-order valence-corrected chi connectivity index (χ1v) is 9.32. The molecule has 8 nitrogen and oxygen atoms in total. The van der Waals surface area contributed by atoms with Gasteiger partial charge in [0.2, 0.25) is 5.96 Å². The maximum Gasteiger partial charge on any atom is 0.222 e. The fourth-order valence-electron chi connectivity index (χ4n) is 2.46. The molecule has 2 aromatic carbocycles. The quantitative estimate of drug-likeness (QED) is 0.224. The lowest BCUT2D eigenvalue weighted by Crippen LogP contribution is -2.28. The number of guanidine groups is 1. The molecule has 0 spiro atoms. The Morgan fingerprint density at radius 3 is 2.18 bits per heavy atom. The number of rotatable bonds is 6. The normalized spacial score (nSPS) is 13.3. The first kappa shape index (κ1) is 21.1. The average molecular weight is 400 g/mol. The zero-order valence-corrected chi connectivity index (χ0v) is 16.1. The van der Waals surface area contributed by atoms with Crippen molar-refractivity contribution in [1.29, 1.82) is 0 Å². The Labute approximate surface area is 164 Å². The number of nitrogens with two attached hydrogens (primary N) is 1. The molecule has 0 amide bonds. The van der Waals surface area contributed by atoms with Crippen LogP contribution < -0.4 is 11.1 Å². The molecule has 1 atom stereocenters. The van der Waals surface area contributed by atoms with Crippen LogP contribution in [0.3, 0.4) is 0 Å². The maximum atomic E-state index is 11.3. The van der Waals surface area contributed by atoms with Crippen LogP contribution in [0.25, 0.3) is 0 Å². The van der Waals surface area contributed by atoms with E-state index in [-0.39, 0.29) is 16.7 Å². The summed E-state index contributed by atoms with van der Waals surface area (Å²) in [5, 5.41) is 2.96. The van der Waals surface area contributed by atoms with Crippen LogP contribution in [0.4, 0.5) is 11.4 Å². The monoisotopic (exact) mass is 400 g/mol. The molecule has 9 heteroatoms. The molecule has 0 aliphatic rings. The number of aliphatic imine (C=N–C) groups is 2. The SMILES string of the molecule is Cc1cc(C)cc(NC(=NC(N)=Nc2ccc(S(=O)O)cc2)C(C=O)C=O)c1. The van der Waals surface area contributed by atoms with Gasteiger partial charge in [0.25, 0.3) is 0 Å². The highest BCUT2D eigenvalue weighted by atomic mass is 32.2. The summed E-state index contributed by atoms with van der Waals surface area (Å²) >= 11 is -2.09. The van der Waals surface area contributed by atoms with Gasteiger partial charge in [-0.2, -0.15) is 4.99 Å². The molecule has 0 aliphatic heterocycles. The van der Waals surface area contributed by atoms with E-state index in [1.807, 2.05) is 32.0 Å². The third-order valence-electron chi connectivity index (χ3n) is 3.62. The van der Waals surface area contributed by atoms with Crippen molar-refractivity contribution in [3.8, 4) is 0 Å². The minimum Gasteiger partial charge on any atom is -0.368 e. The van der Waals surface area contributed by atoms with Crippen LogP contribution in [-0.4, -0.2) is 33.1 Å². The fraction of sp³-hybridized carbons (Fsp3) is 0.158. The van der Waals surface area contributed by atoms with Crippen molar-refractivity contribution in [3.63, 3.8) is 0 Å². The molecular formula is C19H20N4O4S. The lowest BCUT2D eigenvalue weighted by atomic mass is 10.1. The van der Waals surface area contributed by atoms with Crippen molar-refractivity contribution in [2.75, 3.05) is 5.32 Å². The third kappa shape index (κ3) is 5.93. The van der Waals surface area contributed by atoms with Crippen molar-refractivity contribution in [3.05, 3.63) is 53.6 Å². The second-order valence-electron chi connectivity index (χ2n) is 6.01. The Bertz CT molecular complexity index is 927. The molecular weight excluding hydrogens is 380 g/mol. The summed E-state index contributed by atoms with van der Waals surface area (Å²) in [5.41, 5.74) is 8.90. The van der Waals surface area contributed by atoms with Crippen LogP contribution in [0.1, 0.15) is 11.1 Å². The molecule has 0 aliphatic carbocycles. The third-order valence-corrected chi connectivity index (χ3v) is 4.30. The smallest absolute Gasteiger partial charge is 0.222 e. The standard InChI is InChI=1S/C19H20N4O4S/c1-12-7-13(2)9-16(8-12)21-18(14(10-24)11-25)23-19(20)22-15-3-5-17(6-4-15)28(26)27/h3-11,14H,1-2H3,(H,26,27)(H3,20,21,22,23). The topological polar surface area (TPSA) is 134 Å². The summed E-state index contributed by atoms with van der Waals surface area (Å²) in [6.45, 7) is 3.84. The fourth-order valence-corrected chi connectivity index (χ4v) is 2.83. The van der Waals surface area contributed by atoms with Crippen molar-refractivity contribution in [2.24, 2.45) is 21.6 Å². The number of nitrogens with one attached hydrogen (secondary N) is 1. The van der Waals surface area contributed by atoms with E-state index in [4.69, 9.17) is 10.3 Å². The van der Waals surface area contributed by atoms with Gasteiger partial charge in [-0.25, -0.2) is 9.20 Å². The second-order valence-corrected chi connectivity index (χ2v) is 6.98. The Hall–Kier alpha value is -3.17. The van der Waals surface area contributed by atoms with Crippen molar-refractivity contribution in [1.82, 2.24) is 0 Å². The predicted molar refractivity (Wildman–Crippen MR) is 109 cm³/mol. The lowest BCUT2D eigenvalue weighted by Gasteiger charge is -2.13. The number of benzene rings is 2. The van der Waals surface area contributed by atoms with E-state index in [2.05, 4.69) is 15.3 Å². The minimum atomic E-state index is -2.09. The van der Waals surface area contributed by atoms with Gasteiger partial charge in [0.05, 0.1) is 10.6 Å². The van der Waals surface area contributed by atoms with E-state index in [1.165, 1.54) is 24.3 Å². The summed E-state index contributed by atoms with van der Waals surface area (Å²) in [6.07, 6.45) is 0.917. The van der Waals surface area contributed by atoms with Crippen LogP contribution in [0.15, 0.2) is 57.3 Å². The zero-order valence-electron chi connectivity index (χ0n) is 15.3. The zero-order chi connectivity index (χ0) is 20.7. The highest BCUT2D eigenvalue weighted by Gasteiger charge is 2.16. The Kier molecular flexibility index (Phi) is 7.30. The molecule has 0 saturated carbocycles. The number of aryl methyl sites for hydroxylation is 2. The van der Waals surface area contributed by atoms with Crippen LogP contribution in [0, 0.1) is 19.8 Å². The number of anilines is 1. The Balaban J connectivity index is 2.35. The minimum absolute atomic E-state index is 0.0457. The first-order chi connectivity index (χ1) is 13.3. The molecule has 2 rings (SSSR count). The molecule has 146 valence electrons. The van der Waals surface area contributed by atoms with Gasteiger partial charge in [-0.1, -0.05) is 6.07 Å². The van der Waals surface area contributed by atoms with Crippen molar-refractivity contribution < 1.29 is 18.4 Å². The first-order valence-electron chi connectivity index (χ1n) is 8.22. The van der Waals surface area contributed by atoms with E-state index in [0.717, 1.165) is 11.1 Å². The van der Waals surface area contributed by atoms with E-state index < -0.39 is 17.0 Å². The van der Waals surface area contributed by atoms with Gasteiger partial charge in [-0.15, -0.1) is 0 Å². The number of carbonyl (C=O) groups excluding carboxylic acids is 2. The summed E-state index contributed by atoms with van der Waals surface area (Å²) in [5.74, 6) is -1.27. The number of hydrogen-bond acceptors (Lipinski definition) is 4. The van der Waals surface area contributed by atoms with E-state index in [0.29, 0.717) is 23.9 Å². The summed E-state index contributed by atoms with van der Waals surface area (Å²) < 4.78 is 20.0. The molecule has 0 aromatic heterocycles. The van der Waals surface area contributed by atoms with E-state index >= 15 is 0 Å². The maximum absolute atomic E-state index is 11.3. The number of hydrogen-bond donors (Lipinski definition) is 3. The average Bonchev–Trinajstić information content (AvgIpc) is 2.62. The van der Waals surface area contributed by atoms with Crippen LogP contribution >= 0.6 is 0 Å². The molecule has 28 heavy (non-hydrogen) atoms. The summed E-state index contributed by atoms with van der Waals surface area (Å²) in [4.78, 5) is 30.9. The van der Waals surface area contributed by atoms with Gasteiger partial charge in [0.1, 0.15) is 24.3 Å². The molecule has 0 fully saturated rings.